The molecule has 1 heterocycles. The van der Waals surface area contributed by atoms with Gasteiger partial charge in [0.15, 0.2) is 0 Å². The third-order valence-corrected chi connectivity index (χ3v) is 4.85. The fourth-order valence-electron chi connectivity index (χ4n) is 3.25. The standard InChI is InChI=1S/C21H21F2N3O3/c1-3-4-13-5-7-14(8-6-13)21(2)19(28)26(20(29)25-21)12-18(27)24-17-10-9-15(22)11-16(17)23/h5-11H,3-4,12H2,1-2H3,(H,24,27)(H,25,29)/t21-/m1/s1. The van der Waals surface area contributed by atoms with E-state index in [2.05, 4.69) is 17.6 Å². The number of rotatable bonds is 6. The van der Waals surface area contributed by atoms with Crippen molar-refractivity contribution >= 4 is 23.5 Å². The fraction of sp³-hybridized carbons (Fsp3) is 0.286. The number of amides is 4. The van der Waals surface area contributed by atoms with Crippen LogP contribution in [0.25, 0.3) is 0 Å². The lowest BCUT2D eigenvalue weighted by atomic mass is 9.91. The Bertz CT molecular complexity index is 962. The zero-order valence-electron chi connectivity index (χ0n) is 16.1. The van der Waals surface area contributed by atoms with Crippen LogP contribution in [0.5, 0.6) is 0 Å². The molecule has 0 radical (unpaired) electrons. The van der Waals surface area contributed by atoms with Crippen molar-refractivity contribution in [3.63, 3.8) is 0 Å². The van der Waals surface area contributed by atoms with Crippen LogP contribution in [-0.4, -0.2) is 29.3 Å². The van der Waals surface area contributed by atoms with Crippen LogP contribution in [0, 0.1) is 11.6 Å². The van der Waals surface area contributed by atoms with Gasteiger partial charge in [-0.2, -0.15) is 0 Å². The molecule has 0 aromatic heterocycles. The van der Waals surface area contributed by atoms with E-state index in [1.165, 1.54) is 0 Å². The van der Waals surface area contributed by atoms with E-state index >= 15 is 0 Å². The van der Waals surface area contributed by atoms with E-state index in [-0.39, 0.29) is 5.69 Å². The molecule has 2 N–H and O–H groups in total. The predicted octanol–water partition coefficient (Wildman–Crippen LogP) is 3.32. The number of hydrogen-bond donors (Lipinski definition) is 2. The first kappa shape index (κ1) is 20.4. The summed E-state index contributed by atoms with van der Waals surface area (Å²) < 4.78 is 26.7. The highest BCUT2D eigenvalue weighted by molar-refractivity contribution is 6.10. The molecule has 0 aliphatic carbocycles. The number of aryl methyl sites for hydroxylation is 1. The first-order valence-corrected chi connectivity index (χ1v) is 9.23. The second kappa shape index (κ2) is 7.98. The van der Waals surface area contributed by atoms with Crippen LogP contribution in [0.4, 0.5) is 19.3 Å². The molecule has 1 fully saturated rings. The number of carbonyl (C=O) groups excluding carboxylic acids is 3. The van der Waals surface area contributed by atoms with E-state index in [9.17, 15) is 23.2 Å². The summed E-state index contributed by atoms with van der Waals surface area (Å²) in [4.78, 5) is 38.2. The second-order valence-electron chi connectivity index (χ2n) is 7.07. The summed E-state index contributed by atoms with van der Waals surface area (Å²) in [7, 11) is 0. The van der Waals surface area contributed by atoms with E-state index in [0.29, 0.717) is 11.6 Å². The Hall–Kier alpha value is -3.29. The number of nitrogens with zero attached hydrogens (tertiary/aromatic N) is 1. The molecule has 4 amide bonds. The zero-order chi connectivity index (χ0) is 21.2. The maximum Gasteiger partial charge on any atom is 0.325 e. The summed E-state index contributed by atoms with van der Waals surface area (Å²) in [6.07, 6.45) is 1.90. The quantitative estimate of drug-likeness (QED) is 0.729. The molecule has 2 aromatic carbocycles. The number of anilines is 1. The van der Waals surface area contributed by atoms with Crippen LogP contribution in [0.15, 0.2) is 42.5 Å². The van der Waals surface area contributed by atoms with Gasteiger partial charge in [-0.25, -0.2) is 13.6 Å². The topological polar surface area (TPSA) is 78.5 Å². The maximum atomic E-state index is 13.7. The van der Waals surface area contributed by atoms with Gasteiger partial charge in [-0.05, 0) is 36.6 Å². The molecule has 1 aliphatic rings. The number of halogens is 2. The molecule has 0 bridgehead atoms. The maximum absolute atomic E-state index is 13.7. The van der Waals surface area contributed by atoms with Gasteiger partial charge in [0.1, 0.15) is 23.7 Å². The van der Waals surface area contributed by atoms with Gasteiger partial charge >= 0.3 is 6.03 Å². The van der Waals surface area contributed by atoms with Gasteiger partial charge in [0.05, 0.1) is 5.69 Å². The van der Waals surface area contributed by atoms with Crippen LogP contribution >= 0.6 is 0 Å². The Balaban J connectivity index is 1.73. The van der Waals surface area contributed by atoms with Crippen molar-refractivity contribution in [3.8, 4) is 0 Å². The molecule has 8 heteroatoms. The van der Waals surface area contributed by atoms with E-state index in [1.807, 2.05) is 12.1 Å². The van der Waals surface area contributed by atoms with Gasteiger partial charge in [0.2, 0.25) is 5.91 Å². The van der Waals surface area contributed by atoms with Crippen LogP contribution in [0.2, 0.25) is 0 Å². The van der Waals surface area contributed by atoms with Crippen molar-refractivity contribution < 1.29 is 23.2 Å². The minimum absolute atomic E-state index is 0.238. The first-order valence-electron chi connectivity index (χ1n) is 9.23. The Morgan fingerprint density at radius 3 is 2.45 bits per heavy atom. The van der Waals surface area contributed by atoms with Crippen LogP contribution in [0.3, 0.4) is 0 Å². The van der Waals surface area contributed by atoms with E-state index in [0.717, 1.165) is 35.4 Å². The summed E-state index contributed by atoms with van der Waals surface area (Å²) in [6.45, 7) is 3.04. The average Bonchev–Trinajstić information content (AvgIpc) is 2.89. The van der Waals surface area contributed by atoms with Crippen LogP contribution in [-0.2, 0) is 21.5 Å². The van der Waals surface area contributed by atoms with Crippen LogP contribution < -0.4 is 10.6 Å². The Kier molecular flexibility index (Phi) is 5.63. The smallest absolute Gasteiger partial charge is 0.322 e. The van der Waals surface area contributed by atoms with E-state index in [1.54, 1.807) is 19.1 Å². The SMILES string of the molecule is CCCc1ccc([C@@]2(C)NC(=O)N(CC(=O)Nc3ccc(F)cc3F)C2=O)cc1. The van der Waals surface area contributed by atoms with Crippen LogP contribution in [0.1, 0.15) is 31.4 Å². The van der Waals surface area contributed by atoms with Gasteiger partial charge in [0.25, 0.3) is 5.91 Å². The lowest BCUT2D eigenvalue weighted by Gasteiger charge is -2.22. The highest BCUT2D eigenvalue weighted by Gasteiger charge is 2.49. The molecule has 6 nitrogen and oxygen atoms in total. The van der Waals surface area contributed by atoms with Crippen molar-refractivity contribution in [1.29, 1.82) is 0 Å². The minimum Gasteiger partial charge on any atom is -0.322 e. The minimum atomic E-state index is -1.30. The average molecular weight is 401 g/mol. The van der Waals surface area contributed by atoms with Gasteiger partial charge in [-0.1, -0.05) is 37.6 Å². The molecule has 29 heavy (non-hydrogen) atoms. The lowest BCUT2D eigenvalue weighted by Crippen LogP contribution is -2.42. The highest BCUT2D eigenvalue weighted by atomic mass is 19.1. The molecular formula is C21H21F2N3O3. The Morgan fingerprint density at radius 2 is 1.83 bits per heavy atom. The zero-order valence-corrected chi connectivity index (χ0v) is 16.1. The normalized spacial score (nSPS) is 18.7. The van der Waals surface area contributed by atoms with Gasteiger partial charge in [0, 0.05) is 6.07 Å². The van der Waals surface area contributed by atoms with Crippen molar-refractivity contribution in [2.24, 2.45) is 0 Å². The van der Waals surface area contributed by atoms with Gasteiger partial charge in [-0.3, -0.25) is 14.5 Å². The number of benzene rings is 2. The monoisotopic (exact) mass is 401 g/mol. The van der Waals surface area contributed by atoms with Crippen molar-refractivity contribution in [1.82, 2.24) is 10.2 Å². The third-order valence-electron chi connectivity index (χ3n) is 4.85. The first-order chi connectivity index (χ1) is 13.7. The highest BCUT2D eigenvalue weighted by Crippen LogP contribution is 2.29. The summed E-state index contributed by atoms with van der Waals surface area (Å²) in [5.41, 5.74) is 0.179. The molecule has 0 saturated carbocycles. The third kappa shape index (κ3) is 4.11. The van der Waals surface area contributed by atoms with Gasteiger partial charge < -0.3 is 10.6 Å². The molecule has 2 aromatic rings. The second-order valence-corrected chi connectivity index (χ2v) is 7.07. The number of carbonyl (C=O) groups is 3. The number of imide groups is 1. The van der Waals surface area contributed by atoms with E-state index in [4.69, 9.17) is 0 Å². The number of hydrogen-bond acceptors (Lipinski definition) is 3. The molecule has 0 spiro atoms. The van der Waals surface area contributed by atoms with Crippen molar-refractivity contribution in [2.75, 3.05) is 11.9 Å². The lowest BCUT2D eigenvalue weighted by molar-refractivity contribution is -0.133. The molecule has 1 saturated heterocycles. The van der Waals surface area contributed by atoms with Crippen molar-refractivity contribution in [3.05, 3.63) is 65.2 Å². The number of nitrogens with one attached hydrogen (secondary N) is 2. The predicted molar refractivity (Wildman–Crippen MR) is 103 cm³/mol. The summed E-state index contributed by atoms with van der Waals surface area (Å²) in [6, 6.07) is 9.32. The van der Waals surface area contributed by atoms with Crippen molar-refractivity contribution in [2.45, 2.75) is 32.2 Å². The molecule has 0 unspecified atom stereocenters. The number of urea groups is 1. The molecular weight excluding hydrogens is 380 g/mol. The largest absolute Gasteiger partial charge is 0.325 e. The molecule has 152 valence electrons. The molecule has 3 rings (SSSR count). The fourth-order valence-corrected chi connectivity index (χ4v) is 3.25. The Labute approximate surface area is 166 Å². The van der Waals surface area contributed by atoms with E-state index < -0.39 is 41.6 Å². The molecule has 1 atom stereocenters. The summed E-state index contributed by atoms with van der Waals surface area (Å²) >= 11 is 0. The summed E-state index contributed by atoms with van der Waals surface area (Å²) in [5.74, 6) is -3.09. The molecule has 1 aliphatic heterocycles. The summed E-state index contributed by atoms with van der Waals surface area (Å²) in [5, 5.41) is 4.86. The Morgan fingerprint density at radius 1 is 1.14 bits per heavy atom. The van der Waals surface area contributed by atoms with Gasteiger partial charge in [-0.15, -0.1) is 0 Å².